The van der Waals surface area contributed by atoms with Crippen LogP contribution >= 0.6 is 34.8 Å². The summed E-state index contributed by atoms with van der Waals surface area (Å²) in [4.78, 5) is 7.83. The molecule has 2 aromatic rings. The number of nitrogen functional groups attached to an aromatic ring is 1. The number of benzene rings is 1. The van der Waals surface area contributed by atoms with Crippen LogP contribution in [0.15, 0.2) is 18.2 Å². The molecular formula is C11H8Cl3N3O. The van der Waals surface area contributed by atoms with Crippen LogP contribution < -0.4 is 10.5 Å². The van der Waals surface area contributed by atoms with Gasteiger partial charge in [0.25, 0.3) is 0 Å². The second kappa shape index (κ2) is 5.18. The molecule has 1 aromatic heterocycles. The highest BCUT2D eigenvalue weighted by Gasteiger charge is 2.12. The fraction of sp³-hybridized carbons (Fsp3) is 0.0909. The lowest BCUT2D eigenvalue weighted by molar-refractivity contribution is 0.462. The number of hydrogen-bond donors (Lipinski definition) is 1. The first-order chi connectivity index (χ1) is 8.47. The van der Waals surface area contributed by atoms with Gasteiger partial charge in [0.15, 0.2) is 0 Å². The van der Waals surface area contributed by atoms with Crippen molar-refractivity contribution in [2.45, 2.75) is 6.92 Å². The van der Waals surface area contributed by atoms with Gasteiger partial charge in [-0.2, -0.15) is 4.98 Å². The number of aromatic nitrogens is 2. The molecule has 1 aromatic carbocycles. The lowest BCUT2D eigenvalue weighted by atomic mass is 10.3. The number of ether oxygens (including phenoxy) is 1. The van der Waals surface area contributed by atoms with Crippen LogP contribution in [0.3, 0.4) is 0 Å². The zero-order valence-electron chi connectivity index (χ0n) is 9.25. The van der Waals surface area contributed by atoms with Crippen LogP contribution in [0.2, 0.25) is 15.1 Å². The molecule has 18 heavy (non-hydrogen) atoms. The summed E-state index contributed by atoms with van der Waals surface area (Å²) in [5, 5.41) is 1.15. The zero-order valence-corrected chi connectivity index (χ0v) is 11.5. The normalized spacial score (nSPS) is 10.4. The van der Waals surface area contributed by atoms with Gasteiger partial charge in [-0.3, -0.25) is 0 Å². The summed E-state index contributed by atoms with van der Waals surface area (Å²) < 4.78 is 5.50. The van der Waals surface area contributed by atoms with Crippen molar-refractivity contribution in [3.8, 4) is 11.6 Å². The molecule has 2 rings (SSSR count). The number of rotatable bonds is 2. The molecule has 0 aliphatic carbocycles. The number of halogens is 3. The molecule has 0 aliphatic rings. The first kappa shape index (κ1) is 13.2. The van der Waals surface area contributed by atoms with Crippen molar-refractivity contribution in [2.75, 3.05) is 5.73 Å². The van der Waals surface area contributed by atoms with Gasteiger partial charge < -0.3 is 10.5 Å². The maximum atomic E-state index is 6.02. The molecule has 0 atom stereocenters. The highest BCUT2D eigenvalue weighted by Crippen LogP contribution is 2.34. The number of hydrogen-bond acceptors (Lipinski definition) is 4. The van der Waals surface area contributed by atoms with E-state index < -0.39 is 0 Å². The van der Waals surface area contributed by atoms with E-state index in [-0.39, 0.29) is 16.9 Å². The zero-order chi connectivity index (χ0) is 13.3. The Morgan fingerprint density at radius 3 is 2.56 bits per heavy atom. The van der Waals surface area contributed by atoms with E-state index in [1.54, 1.807) is 25.1 Å². The predicted molar refractivity (Wildman–Crippen MR) is 72.7 cm³/mol. The Hall–Kier alpha value is -1.23. The van der Waals surface area contributed by atoms with Crippen molar-refractivity contribution >= 4 is 40.8 Å². The third kappa shape index (κ3) is 2.77. The molecule has 0 unspecified atom stereocenters. The van der Waals surface area contributed by atoms with Crippen molar-refractivity contribution in [1.82, 2.24) is 9.97 Å². The molecule has 0 spiro atoms. The van der Waals surface area contributed by atoms with Gasteiger partial charge in [0.1, 0.15) is 10.8 Å². The largest absolute Gasteiger partial charge is 0.436 e. The quantitative estimate of drug-likeness (QED) is 0.906. The highest BCUT2D eigenvalue weighted by atomic mass is 35.5. The molecular weight excluding hydrogens is 296 g/mol. The Kier molecular flexibility index (Phi) is 3.80. The fourth-order valence-corrected chi connectivity index (χ4v) is 1.85. The molecule has 0 aliphatic heterocycles. The Balaban J connectivity index is 2.40. The minimum atomic E-state index is 0.0805. The van der Waals surface area contributed by atoms with Gasteiger partial charge in [-0.1, -0.05) is 34.8 Å². The second-order valence-electron chi connectivity index (χ2n) is 3.46. The first-order valence-corrected chi connectivity index (χ1v) is 6.03. The van der Waals surface area contributed by atoms with Gasteiger partial charge in [0.05, 0.1) is 10.7 Å². The molecule has 94 valence electrons. The molecule has 7 heteroatoms. The molecule has 0 radical (unpaired) electrons. The fourth-order valence-electron chi connectivity index (χ4n) is 1.28. The van der Waals surface area contributed by atoms with E-state index in [1.165, 1.54) is 0 Å². The third-order valence-electron chi connectivity index (χ3n) is 2.10. The maximum absolute atomic E-state index is 6.02. The minimum absolute atomic E-state index is 0.0805. The third-order valence-corrected chi connectivity index (χ3v) is 3.07. The molecule has 0 amide bonds. The SMILES string of the molecule is Cc1nc(N)nc(Oc2ccc(Cl)cc2Cl)c1Cl. The predicted octanol–water partition coefficient (Wildman–Crippen LogP) is 4.12. The summed E-state index contributed by atoms with van der Waals surface area (Å²) >= 11 is 17.8. The molecule has 4 nitrogen and oxygen atoms in total. The van der Waals surface area contributed by atoms with E-state index in [4.69, 9.17) is 45.3 Å². The number of anilines is 1. The van der Waals surface area contributed by atoms with Crippen molar-refractivity contribution < 1.29 is 4.74 Å². The monoisotopic (exact) mass is 303 g/mol. The van der Waals surface area contributed by atoms with Crippen molar-refractivity contribution in [3.05, 3.63) is 39.0 Å². The van der Waals surface area contributed by atoms with E-state index in [9.17, 15) is 0 Å². The van der Waals surface area contributed by atoms with Crippen LogP contribution in [-0.4, -0.2) is 9.97 Å². The average Bonchev–Trinajstić information content (AvgIpc) is 2.29. The molecule has 0 fully saturated rings. The average molecular weight is 305 g/mol. The van der Waals surface area contributed by atoms with E-state index in [2.05, 4.69) is 9.97 Å². The molecule has 2 N–H and O–H groups in total. The van der Waals surface area contributed by atoms with Crippen LogP contribution in [0.4, 0.5) is 5.95 Å². The first-order valence-electron chi connectivity index (χ1n) is 4.90. The highest BCUT2D eigenvalue weighted by molar-refractivity contribution is 6.35. The van der Waals surface area contributed by atoms with E-state index in [0.717, 1.165) is 0 Å². The van der Waals surface area contributed by atoms with Gasteiger partial charge in [-0.25, -0.2) is 4.98 Å². The summed E-state index contributed by atoms with van der Waals surface area (Å²) in [6.07, 6.45) is 0. The lowest BCUT2D eigenvalue weighted by Gasteiger charge is -2.09. The van der Waals surface area contributed by atoms with Crippen LogP contribution in [0, 0.1) is 6.92 Å². The van der Waals surface area contributed by atoms with Crippen LogP contribution in [0.25, 0.3) is 0 Å². The Labute approximate surface area is 119 Å². The van der Waals surface area contributed by atoms with E-state index >= 15 is 0 Å². The van der Waals surface area contributed by atoms with Gasteiger partial charge >= 0.3 is 0 Å². The standard InChI is InChI=1S/C11H8Cl3N3O/c1-5-9(14)10(17-11(15)16-5)18-8-3-2-6(12)4-7(8)13/h2-4H,1H3,(H2,15,16,17). The minimum Gasteiger partial charge on any atom is -0.436 e. The van der Waals surface area contributed by atoms with Crippen molar-refractivity contribution in [1.29, 1.82) is 0 Å². The molecule has 0 bridgehead atoms. The van der Waals surface area contributed by atoms with Crippen LogP contribution in [0.1, 0.15) is 5.69 Å². The molecule has 0 saturated heterocycles. The Bertz CT molecular complexity index is 604. The van der Waals surface area contributed by atoms with E-state index in [1.807, 2.05) is 0 Å². The summed E-state index contributed by atoms with van der Waals surface area (Å²) in [6, 6.07) is 4.83. The van der Waals surface area contributed by atoms with Gasteiger partial charge in [0.2, 0.25) is 11.8 Å². The summed E-state index contributed by atoms with van der Waals surface area (Å²) in [5.74, 6) is 0.628. The molecule has 0 saturated carbocycles. The number of nitrogens with zero attached hydrogens (tertiary/aromatic N) is 2. The van der Waals surface area contributed by atoms with E-state index in [0.29, 0.717) is 21.5 Å². The lowest BCUT2D eigenvalue weighted by Crippen LogP contribution is -2.00. The van der Waals surface area contributed by atoms with Crippen LogP contribution in [-0.2, 0) is 0 Å². The summed E-state index contributed by atoms with van der Waals surface area (Å²) in [5.41, 5.74) is 6.06. The molecule has 1 heterocycles. The van der Waals surface area contributed by atoms with Gasteiger partial charge in [0, 0.05) is 5.02 Å². The van der Waals surface area contributed by atoms with Gasteiger partial charge in [-0.05, 0) is 25.1 Å². The van der Waals surface area contributed by atoms with Gasteiger partial charge in [-0.15, -0.1) is 0 Å². The number of aryl methyl sites for hydroxylation is 1. The maximum Gasteiger partial charge on any atom is 0.243 e. The topological polar surface area (TPSA) is 61.0 Å². The van der Waals surface area contributed by atoms with Crippen LogP contribution in [0.5, 0.6) is 11.6 Å². The second-order valence-corrected chi connectivity index (χ2v) is 4.68. The number of nitrogens with two attached hydrogens (primary N) is 1. The summed E-state index contributed by atoms with van der Waals surface area (Å²) in [7, 11) is 0. The Morgan fingerprint density at radius 1 is 1.17 bits per heavy atom. The van der Waals surface area contributed by atoms with Crippen molar-refractivity contribution in [3.63, 3.8) is 0 Å². The smallest absolute Gasteiger partial charge is 0.243 e. The van der Waals surface area contributed by atoms with Crippen molar-refractivity contribution in [2.24, 2.45) is 0 Å². The Morgan fingerprint density at radius 2 is 1.89 bits per heavy atom. The summed E-state index contributed by atoms with van der Waals surface area (Å²) in [6.45, 7) is 1.71.